The molecule has 0 aliphatic heterocycles. The number of nitrogens with one attached hydrogen (secondary N) is 2. The Kier molecular flexibility index (Phi) is 6.57. The average molecular weight is 408 g/mol. The standard InChI is InChI=1S/C17H18BrN3O2S/c1-23-15-7-2-11(10-14(15)18)8-9-20-17(24)21-13-5-3-12(4-6-13)16(19)22/h2-7,10H,8-9H2,1H3,(H2,19,22)(H2,20,21,24). The molecule has 7 heteroatoms. The van der Waals surface area contributed by atoms with E-state index in [-0.39, 0.29) is 0 Å². The summed E-state index contributed by atoms with van der Waals surface area (Å²) in [5.41, 5.74) is 7.63. The van der Waals surface area contributed by atoms with Crippen LogP contribution in [0.2, 0.25) is 0 Å². The van der Waals surface area contributed by atoms with E-state index in [9.17, 15) is 4.79 Å². The summed E-state index contributed by atoms with van der Waals surface area (Å²) in [7, 11) is 1.64. The van der Waals surface area contributed by atoms with Gasteiger partial charge in [-0.1, -0.05) is 6.07 Å². The van der Waals surface area contributed by atoms with E-state index in [4.69, 9.17) is 22.7 Å². The van der Waals surface area contributed by atoms with Crippen LogP contribution in [0, 0.1) is 0 Å². The lowest BCUT2D eigenvalue weighted by atomic mass is 10.1. The van der Waals surface area contributed by atoms with Crippen LogP contribution >= 0.6 is 28.1 Å². The number of methoxy groups -OCH3 is 1. The second kappa shape index (κ2) is 8.65. The van der Waals surface area contributed by atoms with Crippen molar-refractivity contribution < 1.29 is 9.53 Å². The monoisotopic (exact) mass is 407 g/mol. The van der Waals surface area contributed by atoms with Crippen molar-refractivity contribution in [3.05, 3.63) is 58.1 Å². The van der Waals surface area contributed by atoms with Gasteiger partial charge in [-0.05, 0) is 76.5 Å². The van der Waals surface area contributed by atoms with Crippen LogP contribution < -0.4 is 21.1 Å². The van der Waals surface area contributed by atoms with Crippen molar-refractivity contribution in [3.63, 3.8) is 0 Å². The van der Waals surface area contributed by atoms with Crippen molar-refractivity contribution in [1.29, 1.82) is 0 Å². The average Bonchev–Trinajstić information content (AvgIpc) is 2.55. The summed E-state index contributed by atoms with van der Waals surface area (Å²) >= 11 is 8.73. The molecule has 0 saturated carbocycles. The number of anilines is 1. The molecule has 2 rings (SSSR count). The van der Waals surface area contributed by atoms with Gasteiger partial charge >= 0.3 is 0 Å². The van der Waals surface area contributed by atoms with Gasteiger partial charge in [0.1, 0.15) is 5.75 Å². The van der Waals surface area contributed by atoms with Crippen LogP contribution in [0.3, 0.4) is 0 Å². The third-order valence-corrected chi connectivity index (χ3v) is 4.21. The van der Waals surface area contributed by atoms with Crippen molar-refractivity contribution in [2.24, 2.45) is 5.73 Å². The number of thiocarbonyl (C=S) groups is 1. The van der Waals surface area contributed by atoms with E-state index in [2.05, 4.69) is 26.6 Å². The lowest BCUT2D eigenvalue weighted by Gasteiger charge is -2.11. The minimum atomic E-state index is -0.451. The molecule has 0 radical (unpaired) electrons. The van der Waals surface area contributed by atoms with Crippen LogP contribution in [0.4, 0.5) is 5.69 Å². The smallest absolute Gasteiger partial charge is 0.248 e. The number of benzene rings is 2. The molecule has 0 fully saturated rings. The van der Waals surface area contributed by atoms with E-state index in [1.807, 2.05) is 18.2 Å². The van der Waals surface area contributed by atoms with Crippen LogP contribution in [0.5, 0.6) is 5.75 Å². The zero-order valence-corrected chi connectivity index (χ0v) is 15.5. The summed E-state index contributed by atoms with van der Waals surface area (Å²) < 4.78 is 6.14. The van der Waals surface area contributed by atoms with Gasteiger partial charge in [0.15, 0.2) is 5.11 Å². The number of ether oxygens (including phenoxy) is 1. The highest BCUT2D eigenvalue weighted by Crippen LogP contribution is 2.25. The predicted molar refractivity (Wildman–Crippen MR) is 104 cm³/mol. The largest absolute Gasteiger partial charge is 0.496 e. The molecule has 4 N–H and O–H groups in total. The number of carbonyl (C=O) groups excluding carboxylic acids is 1. The normalized spacial score (nSPS) is 10.1. The first-order valence-electron chi connectivity index (χ1n) is 7.26. The number of primary amides is 1. The Hall–Kier alpha value is -2.12. The molecule has 0 spiro atoms. The summed E-state index contributed by atoms with van der Waals surface area (Å²) in [5, 5.41) is 6.73. The topological polar surface area (TPSA) is 76.4 Å². The SMILES string of the molecule is COc1ccc(CCNC(=S)Nc2ccc(C(N)=O)cc2)cc1Br. The molecular weight excluding hydrogens is 390 g/mol. The lowest BCUT2D eigenvalue weighted by molar-refractivity contribution is 0.100. The Morgan fingerprint density at radius 2 is 1.96 bits per heavy atom. The van der Waals surface area contributed by atoms with Crippen LogP contribution in [-0.2, 0) is 6.42 Å². The summed E-state index contributed by atoms with van der Waals surface area (Å²) in [6, 6.07) is 12.8. The highest BCUT2D eigenvalue weighted by molar-refractivity contribution is 9.10. The summed E-state index contributed by atoms with van der Waals surface area (Å²) in [4.78, 5) is 11.0. The molecule has 0 aliphatic carbocycles. The van der Waals surface area contributed by atoms with E-state index >= 15 is 0 Å². The van der Waals surface area contributed by atoms with Crippen molar-refractivity contribution in [2.75, 3.05) is 19.0 Å². The minimum Gasteiger partial charge on any atom is -0.496 e. The molecule has 2 aromatic carbocycles. The number of halogens is 1. The quantitative estimate of drug-likeness (QED) is 0.641. The fourth-order valence-corrected chi connectivity index (χ4v) is 2.89. The van der Waals surface area contributed by atoms with Crippen molar-refractivity contribution in [1.82, 2.24) is 5.32 Å². The third-order valence-electron chi connectivity index (χ3n) is 3.34. The van der Waals surface area contributed by atoms with Gasteiger partial charge in [-0.15, -0.1) is 0 Å². The molecule has 0 bridgehead atoms. The fourth-order valence-electron chi connectivity index (χ4n) is 2.08. The number of hydrogen-bond acceptors (Lipinski definition) is 3. The molecule has 1 amide bonds. The van der Waals surface area contributed by atoms with Crippen LogP contribution in [0.25, 0.3) is 0 Å². The molecule has 0 aromatic heterocycles. The van der Waals surface area contributed by atoms with Gasteiger partial charge in [0.05, 0.1) is 11.6 Å². The van der Waals surface area contributed by atoms with Gasteiger partial charge < -0.3 is 21.1 Å². The van der Waals surface area contributed by atoms with Crippen molar-refractivity contribution in [2.45, 2.75) is 6.42 Å². The van der Waals surface area contributed by atoms with Crippen molar-refractivity contribution in [3.8, 4) is 5.75 Å². The summed E-state index contributed by atoms with van der Waals surface area (Å²) in [6.07, 6.45) is 0.824. The Morgan fingerprint density at radius 1 is 1.25 bits per heavy atom. The molecular formula is C17H18BrN3O2S. The van der Waals surface area contributed by atoms with E-state index in [0.29, 0.717) is 17.2 Å². The molecule has 0 heterocycles. The Balaban J connectivity index is 1.80. The molecule has 0 saturated heterocycles. The minimum absolute atomic E-state index is 0.451. The predicted octanol–water partition coefficient (Wildman–Crippen LogP) is 3.09. The van der Waals surface area contributed by atoms with Gasteiger partial charge in [0.2, 0.25) is 5.91 Å². The van der Waals surface area contributed by atoms with Crippen molar-refractivity contribution >= 4 is 44.9 Å². The van der Waals surface area contributed by atoms with Gasteiger partial charge in [-0.25, -0.2) is 0 Å². The Morgan fingerprint density at radius 3 is 2.54 bits per heavy atom. The van der Waals surface area contributed by atoms with E-state index in [1.165, 1.54) is 5.56 Å². The summed E-state index contributed by atoms with van der Waals surface area (Å²) in [5.74, 6) is 0.358. The maximum Gasteiger partial charge on any atom is 0.248 e. The number of hydrogen-bond donors (Lipinski definition) is 3. The molecule has 0 unspecified atom stereocenters. The lowest BCUT2D eigenvalue weighted by Crippen LogP contribution is -2.30. The van der Waals surface area contributed by atoms with Gasteiger partial charge in [-0.2, -0.15) is 0 Å². The molecule has 24 heavy (non-hydrogen) atoms. The first kappa shape index (κ1) is 18.2. The van der Waals surface area contributed by atoms with Crippen LogP contribution in [0.1, 0.15) is 15.9 Å². The summed E-state index contributed by atoms with van der Waals surface area (Å²) in [6.45, 7) is 0.698. The maximum absolute atomic E-state index is 11.0. The zero-order valence-electron chi connectivity index (χ0n) is 13.1. The number of rotatable bonds is 6. The molecule has 126 valence electrons. The van der Waals surface area contributed by atoms with Gasteiger partial charge in [0, 0.05) is 17.8 Å². The number of nitrogens with two attached hydrogens (primary N) is 1. The second-order valence-corrected chi connectivity index (χ2v) is 6.30. The van der Waals surface area contributed by atoms with Gasteiger partial charge in [-0.3, -0.25) is 4.79 Å². The highest BCUT2D eigenvalue weighted by atomic mass is 79.9. The number of amides is 1. The maximum atomic E-state index is 11.0. The molecule has 5 nitrogen and oxygen atoms in total. The van der Waals surface area contributed by atoms with Gasteiger partial charge in [0.25, 0.3) is 0 Å². The third kappa shape index (κ3) is 5.21. The highest BCUT2D eigenvalue weighted by Gasteiger charge is 2.03. The first-order chi connectivity index (χ1) is 11.5. The van der Waals surface area contributed by atoms with E-state index in [1.54, 1.807) is 31.4 Å². The first-order valence-corrected chi connectivity index (χ1v) is 8.47. The number of carbonyl (C=O) groups is 1. The van der Waals surface area contributed by atoms with Crippen LogP contribution in [0.15, 0.2) is 46.9 Å². The molecule has 2 aromatic rings. The Labute approximate surface area is 154 Å². The Bertz CT molecular complexity index is 735. The van der Waals surface area contributed by atoms with E-state index in [0.717, 1.165) is 22.3 Å². The van der Waals surface area contributed by atoms with E-state index < -0.39 is 5.91 Å². The second-order valence-electron chi connectivity index (χ2n) is 5.04. The van der Waals surface area contributed by atoms with Crippen LogP contribution in [-0.4, -0.2) is 24.7 Å². The molecule has 0 aliphatic rings. The fraction of sp³-hybridized carbons (Fsp3) is 0.176. The zero-order chi connectivity index (χ0) is 17.5. The molecule has 0 atom stereocenters.